The Hall–Kier alpha value is -1.32. The molecular formula is C27H38OS2. The summed E-state index contributed by atoms with van der Waals surface area (Å²) in [5.41, 5.74) is 1.30. The summed E-state index contributed by atoms with van der Waals surface area (Å²) in [5, 5.41) is 0. The van der Waals surface area contributed by atoms with E-state index in [-0.39, 0.29) is 0 Å². The topological polar surface area (TPSA) is 9.23 Å². The summed E-state index contributed by atoms with van der Waals surface area (Å²) in [7, 11) is 0. The fourth-order valence-electron chi connectivity index (χ4n) is 3.84. The Morgan fingerprint density at radius 2 is 1.30 bits per heavy atom. The Labute approximate surface area is 191 Å². The third-order valence-corrected chi connectivity index (χ3v) is 8.09. The van der Waals surface area contributed by atoms with E-state index in [0.29, 0.717) is 0 Å². The molecule has 1 nitrogen and oxygen atoms in total. The fourth-order valence-corrected chi connectivity index (χ4v) is 6.31. The van der Waals surface area contributed by atoms with Crippen LogP contribution >= 0.6 is 22.7 Å². The van der Waals surface area contributed by atoms with Gasteiger partial charge in [-0.3, -0.25) is 0 Å². The average molecular weight is 443 g/mol. The first-order valence-electron chi connectivity index (χ1n) is 12.1. The van der Waals surface area contributed by atoms with Gasteiger partial charge in [-0.1, -0.05) is 71.6 Å². The third kappa shape index (κ3) is 7.42. The van der Waals surface area contributed by atoms with Gasteiger partial charge in [0.25, 0.3) is 0 Å². The number of benzene rings is 1. The number of aryl methyl sites for hydroxylation is 1. The summed E-state index contributed by atoms with van der Waals surface area (Å²) in [4.78, 5) is 2.91. The monoisotopic (exact) mass is 442 g/mol. The zero-order chi connectivity index (χ0) is 21.0. The van der Waals surface area contributed by atoms with Crippen molar-refractivity contribution in [2.45, 2.75) is 90.9 Å². The number of thiophene rings is 2. The number of rotatable bonds is 15. The number of ether oxygens (including phenoxy) is 1. The zero-order valence-corrected chi connectivity index (χ0v) is 20.5. The molecule has 0 saturated heterocycles. The van der Waals surface area contributed by atoms with Gasteiger partial charge in [-0.25, -0.2) is 0 Å². The molecule has 0 unspecified atom stereocenters. The van der Waals surface area contributed by atoms with Crippen LogP contribution in [0.5, 0.6) is 5.75 Å². The van der Waals surface area contributed by atoms with Crippen molar-refractivity contribution < 1.29 is 4.74 Å². The van der Waals surface area contributed by atoms with E-state index in [4.69, 9.17) is 4.74 Å². The molecule has 0 spiro atoms. The average Bonchev–Trinajstić information content (AvgIpc) is 3.32. The van der Waals surface area contributed by atoms with Crippen molar-refractivity contribution in [2.75, 3.05) is 6.61 Å². The molecule has 2 heterocycles. The molecule has 30 heavy (non-hydrogen) atoms. The standard InChI is InChI=1S/C27H38OS2/c1-3-5-7-8-9-10-11-13-19-28-23-17-15-22(16-18-23)25-21-27-26(30-25)20-24(29-27)14-12-6-4-2/h15-18,20-21H,3-14,19H2,1-2H3. The van der Waals surface area contributed by atoms with Crippen LogP contribution in [0.3, 0.4) is 0 Å². The summed E-state index contributed by atoms with van der Waals surface area (Å²) in [5.74, 6) is 0.998. The highest BCUT2D eigenvalue weighted by Crippen LogP contribution is 2.39. The zero-order valence-electron chi connectivity index (χ0n) is 18.9. The van der Waals surface area contributed by atoms with Gasteiger partial charge in [-0.05, 0) is 61.2 Å². The lowest BCUT2D eigenvalue weighted by Crippen LogP contribution is -1.97. The van der Waals surface area contributed by atoms with Crippen LogP contribution in [0.1, 0.15) is 89.4 Å². The lowest BCUT2D eigenvalue weighted by Gasteiger charge is -2.07. The molecule has 0 N–H and O–H groups in total. The van der Waals surface area contributed by atoms with Crippen LogP contribution in [0.15, 0.2) is 36.4 Å². The molecule has 0 radical (unpaired) electrons. The number of hydrogen-bond acceptors (Lipinski definition) is 3. The second-order valence-electron chi connectivity index (χ2n) is 8.36. The number of hydrogen-bond donors (Lipinski definition) is 0. The van der Waals surface area contributed by atoms with Gasteiger partial charge in [0.1, 0.15) is 5.75 Å². The number of unbranched alkanes of at least 4 members (excludes halogenated alkanes) is 9. The molecule has 1 aromatic carbocycles. The highest BCUT2D eigenvalue weighted by Gasteiger charge is 2.09. The molecular weight excluding hydrogens is 404 g/mol. The van der Waals surface area contributed by atoms with Crippen LogP contribution in [0.25, 0.3) is 19.8 Å². The second-order valence-corrected chi connectivity index (χ2v) is 10.6. The van der Waals surface area contributed by atoms with Crippen LogP contribution in [0, 0.1) is 0 Å². The lowest BCUT2D eigenvalue weighted by molar-refractivity contribution is 0.304. The maximum atomic E-state index is 5.95. The highest BCUT2D eigenvalue weighted by atomic mass is 32.1. The van der Waals surface area contributed by atoms with E-state index in [1.54, 1.807) is 4.88 Å². The Kier molecular flexibility index (Phi) is 10.2. The van der Waals surface area contributed by atoms with E-state index in [0.717, 1.165) is 18.8 Å². The minimum absolute atomic E-state index is 0.837. The van der Waals surface area contributed by atoms with Gasteiger partial charge in [0.05, 0.1) is 6.61 Å². The molecule has 0 bridgehead atoms. The van der Waals surface area contributed by atoms with Crippen LogP contribution in [0.2, 0.25) is 0 Å². The summed E-state index contributed by atoms with van der Waals surface area (Å²) in [6.07, 6.45) is 15.9. The molecule has 0 saturated carbocycles. The van der Waals surface area contributed by atoms with Crippen molar-refractivity contribution in [1.29, 1.82) is 0 Å². The van der Waals surface area contributed by atoms with E-state index in [2.05, 4.69) is 50.2 Å². The molecule has 3 aromatic rings. The van der Waals surface area contributed by atoms with Gasteiger partial charge in [-0.15, -0.1) is 22.7 Å². The van der Waals surface area contributed by atoms with Gasteiger partial charge in [0.2, 0.25) is 0 Å². The Morgan fingerprint density at radius 3 is 2.00 bits per heavy atom. The summed E-state index contributed by atoms with van der Waals surface area (Å²) in [6.45, 7) is 5.38. The van der Waals surface area contributed by atoms with E-state index < -0.39 is 0 Å². The van der Waals surface area contributed by atoms with E-state index in [1.165, 1.54) is 90.5 Å². The van der Waals surface area contributed by atoms with Gasteiger partial charge < -0.3 is 4.74 Å². The predicted octanol–water partition coefficient (Wildman–Crippen LogP) is 9.88. The second kappa shape index (κ2) is 13.2. The minimum atomic E-state index is 0.837. The molecule has 0 aliphatic carbocycles. The van der Waals surface area contributed by atoms with E-state index >= 15 is 0 Å². The van der Waals surface area contributed by atoms with Crippen LogP contribution < -0.4 is 4.74 Å². The first-order valence-corrected chi connectivity index (χ1v) is 13.7. The van der Waals surface area contributed by atoms with E-state index in [9.17, 15) is 0 Å². The summed E-state index contributed by atoms with van der Waals surface area (Å²) >= 11 is 3.89. The van der Waals surface area contributed by atoms with Gasteiger partial charge in [0, 0.05) is 19.2 Å². The maximum absolute atomic E-state index is 5.95. The Morgan fingerprint density at radius 1 is 0.667 bits per heavy atom. The van der Waals surface area contributed by atoms with Crippen molar-refractivity contribution in [3.8, 4) is 16.2 Å². The molecule has 0 fully saturated rings. The summed E-state index contributed by atoms with van der Waals surface area (Å²) < 4.78 is 8.84. The van der Waals surface area contributed by atoms with Crippen LogP contribution in [0.4, 0.5) is 0 Å². The van der Waals surface area contributed by atoms with Crippen molar-refractivity contribution in [3.05, 3.63) is 41.3 Å². The normalized spacial score (nSPS) is 11.4. The fraction of sp³-hybridized carbons (Fsp3) is 0.556. The van der Waals surface area contributed by atoms with Gasteiger partial charge in [-0.2, -0.15) is 0 Å². The van der Waals surface area contributed by atoms with E-state index in [1.807, 2.05) is 22.7 Å². The van der Waals surface area contributed by atoms with Crippen LogP contribution in [-0.2, 0) is 6.42 Å². The van der Waals surface area contributed by atoms with Crippen molar-refractivity contribution in [2.24, 2.45) is 0 Å². The quantitative estimate of drug-likeness (QED) is 0.213. The molecule has 0 aliphatic rings. The highest BCUT2D eigenvalue weighted by molar-refractivity contribution is 7.29. The first kappa shape index (κ1) is 23.3. The number of fused-ring (bicyclic) bond motifs is 1. The van der Waals surface area contributed by atoms with Gasteiger partial charge >= 0.3 is 0 Å². The smallest absolute Gasteiger partial charge is 0.119 e. The van der Waals surface area contributed by atoms with Crippen molar-refractivity contribution in [3.63, 3.8) is 0 Å². The van der Waals surface area contributed by atoms with Crippen LogP contribution in [-0.4, -0.2) is 6.61 Å². The SMILES string of the molecule is CCCCCCCCCCOc1ccc(-c2cc3sc(CCCCC)cc3s2)cc1. The predicted molar refractivity (Wildman–Crippen MR) is 136 cm³/mol. The van der Waals surface area contributed by atoms with Crippen molar-refractivity contribution >= 4 is 32.1 Å². The Bertz CT molecular complexity index is 812. The molecule has 3 heteroatoms. The molecule has 0 atom stereocenters. The molecule has 0 aliphatic heterocycles. The largest absolute Gasteiger partial charge is 0.494 e. The minimum Gasteiger partial charge on any atom is -0.494 e. The molecule has 0 amide bonds. The van der Waals surface area contributed by atoms with Crippen molar-refractivity contribution in [1.82, 2.24) is 0 Å². The third-order valence-electron chi connectivity index (χ3n) is 5.69. The Balaban J connectivity index is 1.40. The molecule has 164 valence electrons. The molecule has 3 rings (SSSR count). The summed E-state index contributed by atoms with van der Waals surface area (Å²) in [6, 6.07) is 13.4. The lowest BCUT2D eigenvalue weighted by atomic mass is 10.1. The first-order chi connectivity index (χ1) is 14.8. The maximum Gasteiger partial charge on any atom is 0.119 e. The molecule has 2 aromatic heterocycles. The van der Waals surface area contributed by atoms with Gasteiger partial charge in [0.15, 0.2) is 0 Å².